The van der Waals surface area contributed by atoms with Gasteiger partial charge in [-0.2, -0.15) is 0 Å². The van der Waals surface area contributed by atoms with Gasteiger partial charge in [-0.1, -0.05) is 0 Å². The Bertz CT molecular complexity index is 263. The number of methoxy groups -OCH3 is 1. The zero-order valence-electron chi connectivity index (χ0n) is 9.98. The predicted octanol–water partition coefficient (Wildman–Crippen LogP) is 0.161. The summed E-state index contributed by atoms with van der Waals surface area (Å²) in [7, 11) is 1.56. The monoisotopic (exact) mass is 245 g/mol. The topological polar surface area (TPSA) is 84.9 Å². The van der Waals surface area contributed by atoms with Gasteiger partial charge in [0.2, 0.25) is 5.91 Å². The molecule has 6 heteroatoms. The molecule has 0 aromatic carbocycles. The lowest BCUT2D eigenvalue weighted by atomic mass is 10.1. The molecule has 1 heterocycles. The molecule has 0 spiro atoms. The Labute approximate surface area is 100 Å². The first-order valence-electron chi connectivity index (χ1n) is 5.79. The number of carbonyl (C=O) groups excluding carboxylic acids is 1. The quantitative estimate of drug-likeness (QED) is 0.624. The van der Waals surface area contributed by atoms with Gasteiger partial charge < -0.3 is 19.9 Å². The summed E-state index contributed by atoms with van der Waals surface area (Å²) < 4.78 is 10.0. The molecule has 98 valence electrons. The van der Waals surface area contributed by atoms with Gasteiger partial charge in [-0.3, -0.25) is 4.79 Å². The highest BCUT2D eigenvalue weighted by molar-refractivity contribution is 5.86. The van der Waals surface area contributed by atoms with Crippen LogP contribution in [0.3, 0.4) is 0 Å². The van der Waals surface area contributed by atoms with E-state index in [2.05, 4.69) is 5.32 Å². The number of carbonyl (C=O) groups is 2. The van der Waals surface area contributed by atoms with Crippen LogP contribution in [0.4, 0.5) is 0 Å². The number of nitrogens with one attached hydrogen (secondary N) is 1. The van der Waals surface area contributed by atoms with E-state index in [4.69, 9.17) is 14.6 Å². The zero-order chi connectivity index (χ0) is 12.7. The average molecular weight is 245 g/mol. The van der Waals surface area contributed by atoms with Crippen molar-refractivity contribution in [2.75, 3.05) is 20.3 Å². The fourth-order valence-electron chi connectivity index (χ4n) is 1.74. The van der Waals surface area contributed by atoms with Gasteiger partial charge in [0.25, 0.3) is 0 Å². The molecule has 1 aliphatic rings. The molecule has 1 amide bonds. The van der Waals surface area contributed by atoms with Crippen LogP contribution in [-0.2, 0) is 19.1 Å². The molecule has 0 aromatic rings. The van der Waals surface area contributed by atoms with Gasteiger partial charge in [-0.15, -0.1) is 0 Å². The van der Waals surface area contributed by atoms with Crippen LogP contribution in [0.15, 0.2) is 0 Å². The first-order chi connectivity index (χ1) is 8.15. The largest absolute Gasteiger partial charge is 0.480 e. The SMILES string of the molecule is COCCCC(NC(=O)C1CCCO1)C(=O)O. The van der Waals surface area contributed by atoms with E-state index in [1.165, 1.54) is 0 Å². The summed E-state index contributed by atoms with van der Waals surface area (Å²) in [4.78, 5) is 22.6. The van der Waals surface area contributed by atoms with Crippen molar-refractivity contribution < 1.29 is 24.2 Å². The average Bonchev–Trinajstić information content (AvgIpc) is 2.81. The van der Waals surface area contributed by atoms with E-state index in [0.717, 1.165) is 6.42 Å². The third kappa shape index (κ3) is 4.70. The Balaban J connectivity index is 2.36. The summed E-state index contributed by atoms with van der Waals surface area (Å²) >= 11 is 0. The maximum absolute atomic E-state index is 11.7. The van der Waals surface area contributed by atoms with Crippen LogP contribution >= 0.6 is 0 Å². The highest BCUT2D eigenvalue weighted by atomic mass is 16.5. The van der Waals surface area contributed by atoms with Gasteiger partial charge in [0.1, 0.15) is 12.1 Å². The molecule has 1 fully saturated rings. The van der Waals surface area contributed by atoms with E-state index in [1.54, 1.807) is 7.11 Å². The van der Waals surface area contributed by atoms with Crippen molar-refractivity contribution in [2.24, 2.45) is 0 Å². The maximum atomic E-state index is 11.7. The molecule has 0 aliphatic carbocycles. The minimum atomic E-state index is -1.02. The van der Waals surface area contributed by atoms with E-state index >= 15 is 0 Å². The van der Waals surface area contributed by atoms with Crippen molar-refractivity contribution in [3.8, 4) is 0 Å². The molecule has 0 aromatic heterocycles. The Morgan fingerprint density at radius 1 is 1.59 bits per heavy atom. The number of ether oxygens (including phenoxy) is 2. The van der Waals surface area contributed by atoms with E-state index in [-0.39, 0.29) is 5.91 Å². The van der Waals surface area contributed by atoms with Crippen molar-refractivity contribution in [2.45, 2.75) is 37.8 Å². The normalized spacial score (nSPS) is 21.1. The highest BCUT2D eigenvalue weighted by Gasteiger charge is 2.27. The zero-order valence-corrected chi connectivity index (χ0v) is 9.98. The van der Waals surface area contributed by atoms with Crippen LogP contribution in [0.25, 0.3) is 0 Å². The lowest BCUT2D eigenvalue weighted by Crippen LogP contribution is -2.45. The van der Waals surface area contributed by atoms with E-state index in [1.807, 2.05) is 0 Å². The molecule has 1 aliphatic heterocycles. The molecule has 0 bridgehead atoms. The molecular formula is C11H19NO5. The summed E-state index contributed by atoms with van der Waals surface area (Å²) in [6, 6.07) is -0.859. The van der Waals surface area contributed by atoms with Crippen LogP contribution in [0.1, 0.15) is 25.7 Å². The van der Waals surface area contributed by atoms with E-state index in [9.17, 15) is 9.59 Å². The Morgan fingerprint density at radius 2 is 2.35 bits per heavy atom. The standard InChI is InChI=1S/C11H19NO5/c1-16-6-2-4-8(11(14)15)12-10(13)9-5-3-7-17-9/h8-9H,2-7H2,1H3,(H,12,13)(H,14,15). The summed E-state index contributed by atoms with van der Waals surface area (Å²) in [5.41, 5.74) is 0. The lowest BCUT2D eigenvalue weighted by molar-refractivity contribution is -0.143. The predicted molar refractivity (Wildman–Crippen MR) is 59.7 cm³/mol. The van der Waals surface area contributed by atoms with Gasteiger partial charge in [-0.05, 0) is 25.7 Å². The van der Waals surface area contributed by atoms with Crippen LogP contribution in [0, 0.1) is 0 Å². The minimum Gasteiger partial charge on any atom is -0.480 e. The van der Waals surface area contributed by atoms with Crippen LogP contribution in [0.5, 0.6) is 0 Å². The van der Waals surface area contributed by atoms with Crippen LogP contribution < -0.4 is 5.32 Å². The summed E-state index contributed by atoms with van der Waals surface area (Å²) in [5.74, 6) is -1.35. The smallest absolute Gasteiger partial charge is 0.326 e. The van der Waals surface area contributed by atoms with Crippen molar-refractivity contribution in [1.29, 1.82) is 0 Å². The van der Waals surface area contributed by atoms with Crippen LogP contribution in [-0.4, -0.2) is 49.5 Å². The molecule has 6 nitrogen and oxygen atoms in total. The molecule has 1 saturated heterocycles. The molecule has 2 atom stereocenters. The minimum absolute atomic E-state index is 0.327. The van der Waals surface area contributed by atoms with E-state index < -0.39 is 18.1 Å². The molecule has 1 rings (SSSR count). The second kappa shape index (κ2) is 7.24. The second-order valence-corrected chi connectivity index (χ2v) is 4.04. The van der Waals surface area contributed by atoms with Crippen molar-refractivity contribution in [3.63, 3.8) is 0 Å². The molecule has 2 unspecified atom stereocenters. The third-order valence-electron chi connectivity index (χ3n) is 2.68. The van der Waals surface area contributed by atoms with Gasteiger partial charge >= 0.3 is 5.97 Å². The second-order valence-electron chi connectivity index (χ2n) is 4.04. The molecule has 0 radical (unpaired) electrons. The first kappa shape index (κ1) is 13.9. The number of hydrogen-bond donors (Lipinski definition) is 2. The van der Waals surface area contributed by atoms with Gasteiger partial charge in [0.05, 0.1) is 0 Å². The third-order valence-corrected chi connectivity index (χ3v) is 2.68. The first-order valence-corrected chi connectivity index (χ1v) is 5.79. The summed E-state index contributed by atoms with van der Waals surface area (Å²) in [5, 5.41) is 11.5. The van der Waals surface area contributed by atoms with Gasteiger partial charge in [-0.25, -0.2) is 4.79 Å². The van der Waals surface area contributed by atoms with Crippen molar-refractivity contribution in [1.82, 2.24) is 5.32 Å². The summed E-state index contributed by atoms with van der Waals surface area (Å²) in [6.45, 7) is 1.05. The Kier molecular flexibility index (Phi) is 5.93. The van der Waals surface area contributed by atoms with Gasteiger partial charge in [0.15, 0.2) is 0 Å². The highest BCUT2D eigenvalue weighted by Crippen LogP contribution is 2.12. The fourth-order valence-corrected chi connectivity index (χ4v) is 1.74. The lowest BCUT2D eigenvalue weighted by Gasteiger charge is -2.16. The Hall–Kier alpha value is -1.14. The summed E-state index contributed by atoms with van der Waals surface area (Å²) in [6.07, 6.45) is 1.98. The number of carboxylic acids is 1. The number of aliphatic carboxylic acids is 1. The number of carboxylic acid groups (broad SMARTS) is 1. The van der Waals surface area contributed by atoms with Crippen molar-refractivity contribution >= 4 is 11.9 Å². The van der Waals surface area contributed by atoms with Gasteiger partial charge in [0, 0.05) is 20.3 Å². The maximum Gasteiger partial charge on any atom is 0.326 e. The number of hydrogen-bond acceptors (Lipinski definition) is 4. The molecule has 17 heavy (non-hydrogen) atoms. The van der Waals surface area contributed by atoms with Crippen LogP contribution in [0.2, 0.25) is 0 Å². The molecular weight excluding hydrogens is 226 g/mol. The number of rotatable bonds is 7. The number of amides is 1. The van der Waals surface area contributed by atoms with Crippen molar-refractivity contribution in [3.05, 3.63) is 0 Å². The van der Waals surface area contributed by atoms with E-state index in [0.29, 0.717) is 32.5 Å². The molecule has 2 N–H and O–H groups in total. The molecule has 0 saturated carbocycles. The Morgan fingerprint density at radius 3 is 2.88 bits per heavy atom. The fraction of sp³-hybridized carbons (Fsp3) is 0.818.